The highest BCUT2D eigenvalue weighted by Crippen LogP contribution is 2.33. The van der Waals surface area contributed by atoms with Crippen LogP contribution in [0.25, 0.3) is 0 Å². The molecule has 0 spiro atoms. The summed E-state index contributed by atoms with van der Waals surface area (Å²) in [6, 6.07) is 0.276. The van der Waals surface area contributed by atoms with Gasteiger partial charge in [-0.1, -0.05) is 13.8 Å². The first-order valence-corrected chi connectivity index (χ1v) is 6.65. The molecule has 2 heterocycles. The summed E-state index contributed by atoms with van der Waals surface area (Å²) in [6.45, 7) is 6.38. The number of carbonyl (C=O) groups is 1. The second-order valence-electron chi connectivity index (χ2n) is 4.94. The summed E-state index contributed by atoms with van der Waals surface area (Å²) in [5, 5.41) is 6.24. The van der Waals surface area contributed by atoms with Gasteiger partial charge in [-0.2, -0.15) is 0 Å². The van der Waals surface area contributed by atoms with Crippen LogP contribution in [0.15, 0.2) is 5.38 Å². The van der Waals surface area contributed by atoms with E-state index in [1.165, 1.54) is 0 Å². The number of hydrogen-bond acceptors (Lipinski definition) is 3. The van der Waals surface area contributed by atoms with Crippen LogP contribution in [0.2, 0.25) is 0 Å². The highest BCUT2D eigenvalue weighted by molar-refractivity contribution is 7.09. The minimum absolute atomic E-state index is 0.170. The second-order valence-corrected chi connectivity index (χ2v) is 5.83. The lowest BCUT2D eigenvalue weighted by atomic mass is 9.93. The van der Waals surface area contributed by atoms with Gasteiger partial charge in [-0.05, 0) is 19.3 Å². The Balaban J connectivity index is 2.15. The maximum absolute atomic E-state index is 11.5. The summed E-state index contributed by atoms with van der Waals surface area (Å²) >= 11 is 1.68. The maximum atomic E-state index is 11.5. The molecule has 0 radical (unpaired) electrons. The molecule has 4 heteroatoms. The van der Waals surface area contributed by atoms with Gasteiger partial charge in [-0.25, -0.2) is 4.98 Å². The molecule has 1 aromatic rings. The molecule has 3 nitrogen and oxygen atoms in total. The van der Waals surface area contributed by atoms with Gasteiger partial charge >= 0.3 is 0 Å². The van der Waals surface area contributed by atoms with E-state index in [4.69, 9.17) is 0 Å². The molecule has 1 amide bonds. The van der Waals surface area contributed by atoms with E-state index in [0.717, 1.165) is 17.1 Å². The van der Waals surface area contributed by atoms with Crippen molar-refractivity contribution in [1.29, 1.82) is 0 Å². The normalized spacial score (nSPS) is 25.1. The number of hydrogen-bond donors (Lipinski definition) is 1. The second kappa shape index (κ2) is 4.53. The standard InChI is InChI=1S/C12H18N2OS/c1-7(2)4-10-9(5-11(15)14-10)12-13-8(3)6-16-12/h6-7,9-10H,4-5H2,1-3H3,(H,14,15). The number of rotatable bonds is 3. The summed E-state index contributed by atoms with van der Waals surface area (Å²) in [7, 11) is 0. The summed E-state index contributed by atoms with van der Waals surface area (Å²) in [5.74, 6) is 1.06. The number of carbonyl (C=O) groups excluding carboxylic acids is 1. The van der Waals surface area contributed by atoms with Crippen LogP contribution in [0.5, 0.6) is 0 Å². The van der Waals surface area contributed by atoms with E-state index in [0.29, 0.717) is 12.3 Å². The van der Waals surface area contributed by atoms with Gasteiger partial charge < -0.3 is 5.32 Å². The Morgan fingerprint density at radius 3 is 2.94 bits per heavy atom. The highest BCUT2D eigenvalue weighted by Gasteiger charge is 2.35. The zero-order valence-corrected chi connectivity index (χ0v) is 10.8. The molecule has 0 aliphatic carbocycles. The summed E-state index contributed by atoms with van der Waals surface area (Å²) in [4.78, 5) is 16.0. The van der Waals surface area contributed by atoms with Gasteiger partial charge in [0, 0.05) is 29.5 Å². The van der Waals surface area contributed by atoms with E-state index >= 15 is 0 Å². The van der Waals surface area contributed by atoms with Gasteiger partial charge in [0.05, 0.1) is 5.01 Å². The molecule has 1 N–H and O–H groups in total. The van der Waals surface area contributed by atoms with Crippen molar-refractivity contribution in [2.24, 2.45) is 5.92 Å². The first kappa shape index (κ1) is 11.6. The Kier molecular flexibility index (Phi) is 3.28. The molecule has 16 heavy (non-hydrogen) atoms. The molecule has 88 valence electrons. The first-order valence-electron chi connectivity index (χ1n) is 5.77. The van der Waals surface area contributed by atoms with Crippen molar-refractivity contribution in [2.75, 3.05) is 0 Å². The van der Waals surface area contributed by atoms with Crippen molar-refractivity contribution in [1.82, 2.24) is 10.3 Å². The van der Waals surface area contributed by atoms with E-state index in [2.05, 4.69) is 29.5 Å². The van der Waals surface area contributed by atoms with Gasteiger partial charge in [0.25, 0.3) is 0 Å². The van der Waals surface area contributed by atoms with Crippen LogP contribution in [0, 0.1) is 12.8 Å². The fraction of sp³-hybridized carbons (Fsp3) is 0.667. The SMILES string of the molecule is Cc1csc(C2CC(=O)NC2CC(C)C)n1. The molecule has 2 atom stereocenters. The van der Waals surface area contributed by atoms with E-state index in [1.807, 2.05) is 6.92 Å². The minimum Gasteiger partial charge on any atom is -0.353 e. The predicted molar refractivity (Wildman–Crippen MR) is 65.6 cm³/mol. The molecule has 1 fully saturated rings. The number of aromatic nitrogens is 1. The van der Waals surface area contributed by atoms with Gasteiger partial charge in [-0.3, -0.25) is 4.79 Å². The predicted octanol–water partition coefficient (Wildman–Crippen LogP) is 2.47. The Labute approximate surface area is 100 Å². The lowest BCUT2D eigenvalue weighted by molar-refractivity contribution is -0.119. The van der Waals surface area contributed by atoms with Gasteiger partial charge in [0.2, 0.25) is 5.91 Å². The molecular weight excluding hydrogens is 220 g/mol. The third-order valence-corrected chi connectivity index (χ3v) is 4.01. The van der Waals surface area contributed by atoms with Gasteiger partial charge in [0.15, 0.2) is 0 Å². The minimum atomic E-state index is 0.170. The van der Waals surface area contributed by atoms with Crippen molar-refractivity contribution in [3.8, 4) is 0 Å². The monoisotopic (exact) mass is 238 g/mol. The van der Waals surface area contributed by atoms with Crippen molar-refractivity contribution in [3.05, 3.63) is 16.1 Å². The summed E-state index contributed by atoms with van der Waals surface area (Å²) in [6.07, 6.45) is 1.64. The molecule has 0 saturated carbocycles. The van der Waals surface area contributed by atoms with Crippen molar-refractivity contribution >= 4 is 17.2 Å². The van der Waals surface area contributed by atoms with Crippen molar-refractivity contribution < 1.29 is 4.79 Å². The van der Waals surface area contributed by atoms with Crippen LogP contribution in [-0.2, 0) is 4.79 Å². The van der Waals surface area contributed by atoms with Crippen LogP contribution in [0.4, 0.5) is 0 Å². The average Bonchev–Trinajstić information content (AvgIpc) is 2.72. The number of nitrogens with one attached hydrogen (secondary N) is 1. The largest absolute Gasteiger partial charge is 0.353 e. The number of amides is 1. The summed E-state index contributed by atoms with van der Waals surface area (Å²) < 4.78 is 0. The molecule has 2 unspecified atom stereocenters. The zero-order valence-electron chi connectivity index (χ0n) is 9.99. The Hall–Kier alpha value is -0.900. The van der Waals surface area contributed by atoms with E-state index in [-0.39, 0.29) is 17.9 Å². The lowest BCUT2D eigenvalue weighted by Crippen LogP contribution is -2.29. The van der Waals surface area contributed by atoms with E-state index in [1.54, 1.807) is 11.3 Å². The van der Waals surface area contributed by atoms with Crippen molar-refractivity contribution in [2.45, 2.75) is 45.6 Å². The smallest absolute Gasteiger partial charge is 0.221 e. The quantitative estimate of drug-likeness (QED) is 0.879. The first-order chi connectivity index (χ1) is 7.56. The van der Waals surface area contributed by atoms with Crippen LogP contribution >= 0.6 is 11.3 Å². The molecule has 0 aromatic carbocycles. The topological polar surface area (TPSA) is 42.0 Å². The molecule has 1 aliphatic heterocycles. The van der Waals surface area contributed by atoms with Crippen LogP contribution < -0.4 is 5.32 Å². The fourth-order valence-electron chi connectivity index (χ4n) is 2.24. The number of nitrogens with zero attached hydrogens (tertiary/aromatic N) is 1. The Morgan fingerprint density at radius 1 is 1.62 bits per heavy atom. The number of thiazole rings is 1. The van der Waals surface area contributed by atoms with Crippen LogP contribution in [0.1, 0.15) is 43.3 Å². The highest BCUT2D eigenvalue weighted by atomic mass is 32.1. The molecule has 0 bridgehead atoms. The third-order valence-electron chi connectivity index (χ3n) is 2.92. The fourth-order valence-corrected chi connectivity index (χ4v) is 3.20. The Bertz CT molecular complexity index is 386. The molecule has 1 saturated heterocycles. The van der Waals surface area contributed by atoms with E-state index < -0.39 is 0 Å². The zero-order chi connectivity index (χ0) is 11.7. The Morgan fingerprint density at radius 2 is 2.38 bits per heavy atom. The van der Waals surface area contributed by atoms with E-state index in [9.17, 15) is 4.79 Å². The van der Waals surface area contributed by atoms with Crippen LogP contribution in [0.3, 0.4) is 0 Å². The molecule has 2 rings (SSSR count). The van der Waals surface area contributed by atoms with Crippen molar-refractivity contribution in [3.63, 3.8) is 0 Å². The molecule has 1 aromatic heterocycles. The average molecular weight is 238 g/mol. The third kappa shape index (κ3) is 2.43. The van der Waals surface area contributed by atoms with Gasteiger partial charge in [-0.15, -0.1) is 11.3 Å². The van der Waals surface area contributed by atoms with Gasteiger partial charge in [0.1, 0.15) is 0 Å². The number of aryl methyl sites for hydroxylation is 1. The maximum Gasteiger partial charge on any atom is 0.221 e. The molecule has 1 aliphatic rings. The lowest BCUT2D eigenvalue weighted by Gasteiger charge is -2.18. The molecular formula is C12H18N2OS. The van der Waals surface area contributed by atoms with Crippen LogP contribution in [-0.4, -0.2) is 16.9 Å². The summed E-state index contributed by atoms with van der Waals surface area (Å²) in [5.41, 5.74) is 1.06.